The van der Waals surface area contributed by atoms with Crippen LogP contribution in [-0.2, 0) is 4.74 Å². The zero-order valence-corrected chi connectivity index (χ0v) is 13.3. The summed E-state index contributed by atoms with van der Waals surface area (Å²) in [5.41, 5.74) is 7.34. The van der Waals surface area contributed by atoms with E-state index in [-0.39, 0.29) is 5.84 Å². The second kappa shape index (κ2) is 7.50. The van der Waals surface area contributed by atoms with Crippen molar-refractivity contribution in [1.29, 1.82) is 5.41 Å². The summed E-state index contributed by atoms with van der Waals surface area (Å²) in [4.78, 5) is 2.30. The van der Waals surface area contributed by atoms with Crippen LogP contribution in [0.15, 0.2) is 22.7 Å². The van der Waals surface area contributed by atoms with E-state index in [9.17, 15) is 0 Å². The Morgan fingerprint density at radius 1 is 1.53 bits per heavy atom. The van der Waals surface area contributed by atoms with Gasteiger partial charge in [0.05, 0.1) is 12.3 Å². The van der Waals surface area contributed by atoms with Gasteiger partial charge in [0, 0.05) is 29.7 Å². The number of nitrogen functional groups attached to an aromatic ring is 1. The van der Waals surface area contributed by atoms with Gasteiger partial charge < -0.3 is 15.4 Å². The Balaban J connectivity index is 3.04. The van der Waals surface area contributed by atoms with E-state index < -0.39 is 0 Å². The summed E-state index contributed by atoms with van der Waals surface area (Å²) in [7, 11) is 1.71. The number of nitrogens with two attached hydrogens (primary N) is 1. The number of nitrogens with one attached hydrogen (secondary N) is 1. The number of hydrogen-bond acceptors (Lipinski definition) is 3. The SMILES string of the molecule is CCC(C)N(CCOC)c1ccc(C(=N)N)cc1Br. The maximum atomic E-state index is 7.46. The molecular weight excluding hydrogens is 306 g/mol. The fraction of sp³-hybridized carbons (Fsp3) is 0.500. The monoisotopic (exact) mass is 327 g/mol. The Morgan fingerprint density at radius 2 is 2.21 bits per heavy atom. The van der Waals surface area contributed by atoms with Crippen molar-refractivity contribution in [2.45, 2.75) is 26.3 Å². The summed E-state index contributed by atoms with van der Waals surface area (Å²) in [6, 6.07) is 6.20. The van der Waals surface area contributed by atoms with E-state index in [1.165, 1.54) is 0 Å². The van der Waals surface area contributed by atoms with Gasteiger partial charge in [0.25, 0.3) is 0 Å². The van der Waals surface area contributed by atoms with Crippen molar-refractivity contribution >= 4 is 27.5 Å². The van der Waals surface area contributed by atoms with Crippen molar-refractivity contribution in [3.63, 3.8) is 0 Å². The maximum absolute atomic E-state index is 7.46. The van der Waals surface area contributed by atoms with Crippen molar-refractivity contribution in [1.82, 2.24) is 0 Å². The van der Waals surface area contributed by atoms with Crippen LogP contribution in [-0.4, -0.2) is 32.1 Å². The average Bonchev–Trinajstić information content (AvgIpc) is 2.39. The second-order valence-electron chi connectivity index (χ2n) is 4.52. The molecule has 5 heteroatoms. The zero-order chi connectivity index (χ0) is 14.4. The molecule has 0 heterocycles. The Morgan fingerprint density at radius 3 is 2.68 bits per heavy atom. The minimum absolute atomic E-state index is 0.0826. The molecule has 0 aliphatic carbocycles. The molecule has 106 valence electrons. The van der Waals surface area contributed by atoms with E-state index in [0.29, 0.717) is 12.6 Å². The molecule has 19 heavy (non-hydrogen) atoms. The summed E-state index contributed by atoms with van der Waals surface area (Å²) in [5.74, 6) is 0.0826. The Kier molecular flexibility index (Phi) is 6.31. The topological polar surface area (TPSA) is 62.3 Å². The maximum Gasteiger partial charge on any atom is 0.122 e. The molecule has 1 aromatic carbocycles. The number of amidine groups is 1. The van der Waals surface area contributed by atoms with Crippen LogP contribution in [0.2, 0.25) is 0 Å². The molecule has 3 N–H and O–H groups in total. The quantitative estimate of drug-likeness (QED) is 0.597. The van der Waals surface area contributed by atoms with Gasteiger partial charge in [-0.1, -0.05) is 6.92 Å². The molecule has 1 rings (SSSR count). The molecule has 0 radical (unpaired) electrons. The Hall–Kier alpha value is -1.07. The van der Waals surface area contributed by atoms with Gasteiger partial charge in [-0.3, -0.25) is 5.41 Å². The summed E-state index contributed by atoms with van der Waals surface area (Å²) in [6.45, 7) is 5.89. The number of nitrogens with zero attached hydrogens (tertiary/aromatic N) is 1. The predicted molar refractivity (Wildman–Crippen MR) is 84.1 cm³/mol. The smallest absolute Gasteiger partial charge is 0.122 e. The van der Waals surface area contributed by atoms with Gasteiger partial charge in [0.1, 0.15) is 5.84 Å². The molecule has 0 amide bonds. The summed E-state index contributed by atoms with van der Waals surface area (Å²) >= 11 is 3.57. The fourth-order valence-corrected chi connectivity index (χ4v) is 2.50. The van der Waals surface area contributed by atoms with Gasteiger partial charge in [0.2, 0.25) is 0 Å². The van der Waals surface area contributed by atoms with Crippen molar-refractivity contribution in [3.05, 3.63) is 28.2 Å². The van der Waals surface area contributed by atoms with Crippen LogP contribution in [0.3, 0.4) is 0 Å². The number of methoxy groups -OCH3 is 1. The van der Waals surface area contributed by atoms with Gasteiger partial charge in [-0.2, -0.15) is 0 Å². The van der Waals surface area contributed by atoms with Crippen LogP contribution in [0.25, 0.3) is 0 Å². The molecule has 0 aromatic heterocycles. The lowest BCUT2D eigenvalue weighted by molar-refractivity contribution is 0.203. The van der Waals surface area contributed by atoms with E-state index in [2.05, 4.69) is 34.7 Å². The van der Waals surface area contributed by atoms with E-state index in [4.69, 9.17) is 15.9 Å². The van der Waals surface area contributed by atoms with Crippen LogP contribution in [0.1, 0.15) is 25.8 Å². The molecule has 0 aliphatic heterocycles. The number of anilines is 1. The zero-order valence-electron chi connectivity index (χ0n) is 11.7. The van der Waals surface area contributed by atoms with Crippen molar-refractivity contribution in [3.8, 4) is 0 Å². The Bertz CT molecular complexity index is 437. The largest absolute Gasteiger partial charge is 0.384 e. The minimum atomic E-state index is 0.0826. The predicted octanol–water partition coefficient (Wildman–Crippen LogP) is 2.98. The third-order valence-corrected chi connectivity index (χ3v) is 3.86. The first-order chi connectivity index (χ1) is 9.01. The summed E-state index contributed by atoms with van der Waals surface area (Å²) in [5, 5.41) is 7.46. The lowest BCUT2D eigenvalue weighted by Crippen LogP contribution is -2.35. The standard InChI is InChI=1S/C14H22BrN3O/c1-4-10(2)18(7-8-19-3)13-6-5-11(14(16)17)9-12(13)15/h5-6,9-10H,4,7-8H2,1-3H3,(H3,16,17). The van der Waals surface area contributed by atoms with Crippen LogP contribution in [0.5, 0.6) is 0 Å². The number of halogens is 1. The molecule has 0 aliphatic rings. The molecule has 0 fully saturated rings. The van der Waals surface area contributed by atoms with E-state index in [1.54, 1.807) is 7.11 Å². The lowest BCUT2D eigenvalue weighted by Gasteiger charge is -2.31. The first-order valence-corrected chi connectivity index (χ1v) is 7.20. The highest BCUT2D eigenvalue weighted by Gasteiger charge is 2.16. The Labute approximate surface area is 123 Å². The van der Waals surface area contributed by atoms with E-state index >= 15 is 0 Å². The van der Waals surface area contributed by atoms with Gasteiger partial charge in [-0.05, 0) is 47.5 Å². The third kappa shape index (κ3) is 4.21. The van der Waals surface area contributed by atoms with Crippen LogP contribution in [0, 0.1) is 5.41 Å². The summed E-state index contributed by atoms with van der Waals surface area (Å²) < 4.78 is 6.13. The first-order valence-electron chi connectivity index (χ1n) is 6.40. The van der Waals surface area contributed by atoms with Gasteiger partial charge >= 0.3 is 0 Å². The van der Waals surface area contributed by atoms with E-state index in [0.717, 1.165) is 28.7 Å². The second-order valence-corrected chi connectivity index (χ2v) is 5.38. The molecule has 1 atom stereocenters. The fourth-order valence-electron chi connectivity index (χ4n) is 1.90. The molecule has 0 bridgehead atoms. The minimum Gasteiger partial charge on any atom is -0.384 e. The number of ether oxygens (including phenoxy) is 1. The molecule has 0 saturated carbocycles. The first kappa shape index (κ1) is 16.0. The molecule has 1 unspecified atom stereocenters. The molecule has 1 aromatic rings. The number of rotatable bonds is 7. The van der Waals surface area contributed by atoms with Crippen molar-refractivity contribution in [2.75, 3.05) is 25.2 Å². The van der Waals surface area contributed by atoms with Crippen LogP contribution in [0.4, 0.5) is 5.69 Å². The van der Waals surface area contributed by atoms with Crippen LogP contribution < -0.4 is 10.6 Å². The summed E-state index contributed by atoms with van der Waals surface area (Å²) in [6.07, 6.45) is 1.06. The van der Waals surface area contributed by atoms with Gasteiger partial charge in [0.15, 0.2) is 0 Å². The molecular formula is C14H22BrN3O. The highest BCUT2D eigenvalue weighted by molar-refractivity contribution is 9.10. The van der Waals surface area contributed by atoms with Gasteiger partial charge in [-0.25, -0.2) is 0 Å². The van der Waals surface area contributed by atoms with Crippen molar-refractivity contribution < 1.29 is 4.74 Å². The van der Waals surface area contributed by atoms with Crippen molar-refractivity contribution in [2.24, 2.45) is 5.73 Å². The highest BCUT2D eigenvalue weighted by Crippen LogP contribution is 2.29. The normalized spacial score (nSPS) is 12.2. The average molecular weight is 328 g/mol. The number of hydrogen-bond donors (Lipinski definition) is 2. The molecule has 0 spiro atoms. The van der Waals surface area contributed by atoms with Crippen LogP contribution >= 0.6 is 15.9 Å². The third-order valence-electron chi connectivity index (χ3n) is 3.23. The van der Waals surface area contributed by atoms with Gasteiger partial charge in [-0.15, -0.1) is 0 Å². The molecule has 4 nitrogen and oxygen atoms in total. The van der Waals surface area contributed by atoms with E-state index in [1.807, 2.05) is 18.2 Å². The molecule has 0 saturated heterocycles. The highest BCUT2D eigenvalue weighted by atomic mass is 79.9. The number of benzene rings is 1. The lowest BCUT2D eigenvalue weighted by atomic mass is 10.1.